The molecule has 0 aromatic carbocycles. The molecular formula is C12H16N4O. The van der Waals surface area contributed by atoms with Crippen LogP contribution in [0.15, 0.2) is 0 Å². The van der Waals surface area contributed by atoms with Crippen molar-refractivity contribution < 1.29 is 4.74 Å². The second-order valence-corrected chi connectivity index (χ2v) is 4.08. The summed E-state index contributed by atoms with van der Waals surface area (Å²) in [6.07, 6.45) is 8.01. The van der Waals surface area contributed by atoms with Crippen molar-refractivity contribution in [3.8, 4) is 18.2 Å². The fourth-order valence-electron chi connectivity index (χ4n) is 1.52. The highest BCUT2D eigenvalue weighted by Gasteiger charge is 2.28. The summed E-state index contributed by atoms with van der Waals surface area (Å²) >= 11 is 0. The van der Waals surface area contributed by atoms with Gasteiger partial charge >= 0.3 is 0 Å². The highest BCUT2D eigenvalue weighted by atomic mass is 16.5. The van der Waals surface area contributed by atoms with Crippen molar-refractivity contribution in [3.05, 3.63) is 11.4 Å². The Morgan fingerprint density at radius 1 is 1.53 bits per heavy atom. The van der Waals surface area contributed by atoms with E-state index in [1.165, 1.54) is 0 Å². The molecule has 1 saturated carbocycles. The van der Waals surface area contributed by atoms with Gasteiger partial charge in [0.1, 0.15) is 18.2 Å². The second kappa shape index (κ2) is 5.02. The molecule has 1 aliphatic rings. The zero-order chi connectivity index (χ0) is 12.3. The molecule has 0 atom stereocenters. The predicted molar refractivity (Wildman–Crippen MR) is 65.5 cm³/mol. The largest absolute Gasteiger partial charge is 0.476 e. The number of hydrogen-bond donors (Lipinski definition) is 2. The van der Waals surface area contributed by atoms with E-state index in [1.807, 2.05) is 6.92 Å². The van der Waals surface area contributed by atoms with E-state index in [-0.39, 0.29) is 0 Å². The van der Waals surface area contributed by atoms with Crippen molar-refractivity contribution in [1.29, 1.82) is 0 Å². The lowest BCUT2D eigenvalue weighted by Gasteiger charge is -2.12. The SMILES string of the molecule is C#CCCOc1nc(C2CC2)nc(NN)c1C. The smallest absolute Gasteiger partial charge is 0.221 e. The van der Waals surface area contributed by atoms with E-state index in [9.17, 15) is 0 Å². The van der Waals surface area contributed by atoms with Crippen LogP contribution < -0.4 is 16.0 Å². The van der Waals surface area contributed by atoms with Gasteiger partial charge in [-0.2, -0.15) is 4.98 Å². The van der Waals surface area contributed by atoms with Crippen LogP contribution >= 0.6 is 0 Å². The topological polar surface area (TPSA) is 73.1 Å². The van der Waals surface area contributed by atoms with Gasteiger partial charge in [0, 0.05) is 12.3 Å². The number of nitrogen functional groups attached to an aromatic ring is 1. The third-order valence-electron chi connectivity index (χ3n) is 2.68. The van der Waals surface area contributed by atoms with Crippen LogP contribution in [0.4, 0.5) is 5.82 Å². The Bertz CT molecular complexity index is 449. The minimum atomic E-state index is 0.456. The summed E-state index contributed by atoms with van der Waals surface area (Å²) in [5.41, 5.74) is 3.39. The average molecular weight is 232 g/mol. The molecule has 0 unspecified atom stereocenters. The van der Waals surface area contributed by atoms with Gasteiger partial charge in [-0.15, -0.1) is 12.3 Å². The summed E-state index contributed by atoms with van der Waals surface area (Å²) in [5.74, 6) is 10.4. The molecule has 2 rings (SSSR count). The molecule has 1 aliphatic carbocycles. The predicted octanol–water partition coefficient (Wildman–Crippen LogP) is 1.35. The highest BCUT2D eigenvalue weighted by Crippen LogP contribution is 2.39. The zero-order valence-corrected chi connectivity index (χ0v) is 9.86. The molecule has 17 heavy (non-hydrogen) atoms. The van der Waals surface area contributed by atoms with Crippen LogP contribution in [0.5, 0.6) is 5.88 Å². The van der Waals surface area contributed by atoms with Crippen molar-refractivity contribution in [2.75, 3.05) is 12.0 Å². The summed E-state index contributed by atoms with van der Waals surface area (Å²) in [6.45, 7) is 2.33. The van der Waals surface area contributed by atoms with E-state index in [2.05, 4.69) is 21.3 Å². The highest BCUT2D eigenvalue weighted by molar-refractivity contribution is 5.48. The maximum absolute atomic E-state index is 5.55. The van der Waals surface area contributed by atoms with Gasteiger partial charge in [-0.3, -0.25) is 0 Å². The van der Waals surface area contributed by atoms with Gasteiger partial charge in [-0.1, -0.05) is 0 Å². The summed E-state index contributed by atoms with van der Waals surface area (Å²) in [5, 5.41) is 0. The van der Waals surface area contributed by atoms with E-state index < -0.39 is 0 Å². The summed E-state index contributed by atoms with van der Waals surface area (Å²) in [6, 6.07) is 0. The molecule has 0 saturated heterocycles. The van der Waals surface area contributed by atoms with Crippen molar-refractivity contribution in [2.45, 2.75) is 32.1 Å². The average Bonchev–Trinajstić information content (AvgIpc) is 3.15. The molecule has 0 amide bonds. The summed E-state index contributed by atoms with van der Waals surface area (Å²) in [7, 11) is 0. The van der Waals surface area contributed by atoms with Crippen molar-refractivity contribution in [3.63, 3.8) is 0 Å². The van der Waals surface area contributed by atoms with Crippen molar-refractivity contribution in [2.24, 2.45) is 5.84 Å². The van der Waals surface area contributed by atoms with Crippen LogP contribution in [-0.2, 0) is 0 Å². The molecule has 90 valence electrons. The van der Waals surface area contributed by atoms with Gasteiger partial charge in [0.25, 0.3) is 0 Å². The fourth-order valence-corrected chi connectivity index (χ4v) is 1.52. The Hall–Kier alpha value is -1.80. The minimum Gasteiger partial charge on any atom is -0.476 e. The molecule has 1 heterocycles. The molecule has 5 nitrogen and oxygen atoms in total. The first-order valence-corrected chi connectivity index (χ1v) is 5.67. The summed E-state index contributed by atoms with van der Waals surface area (Å²) in [4.78, 5) is 8.79. The maximum Gasteiger partial charge on any atom is 0.221 e. The lowest BCUT2D eigenvalue weighted by Crippen LogP contribution is -2.13. The first kappa shape index (κ1) is 11.7. The number of terminal acetylenes is 1. The van der Waals surface area contributed by atoms with Crippen LogP contribution in [0.2, 0.25) is 0 Å². The molecule has 0 spiro atoms. The van der Waals surface area contributed by atoms with Gasteiger partial charge in [-0.25, -0.2) is 10.8 Å². The quantitative estimate of drug-likeness (QED) is 0.347. The summed E-state index contributed by atoms with van der Waals surface area (Å²) < 4.78 is 5.55. The molecular weight excluding hydrogens is 216 g/mol. The molecule has 1 aromatic heterocycles. The van der Waals surface area contributed by atoms with Crippen molar-refractivity contribution >= 4 is 5.82 Å². The standard InChI is InChI=1S/C12H16N4O/c1-3-4-7-17-12-8(2)10(16-13)14-11(15-12)9-5-6-9/h1,9H,4-7,13H2,2H3,(H,14,15,16). The van der Waals surface area contributed by atoms with Crippen LogP contribution in [0, 0.1) is 19.3 Å². The van der Waals surface area contributed by atoms with E-state index in [0.29, 0.717) is 30.6 Å². The Morgan fingerprint density at radius 3 is 2.88 bits per heavy atom. The van der Waals surface area contributed by atoms with Gasteiger partial charge in [-0.05, 0) is 19.8 Å². The first-order valence-electron chi connectivity index (χ1n) is 5.67. The zero-order valence-electron chi connectivity index (χ0n) is 9.86. The maximum atomic E-state index is 5.55. The number of nitrogens with one attached hydrogen (secondary N) is 1. The number of aromatic nitrogens is 2. The molecule has 0 aliphatic heterocycles. The lowest BCUT2D eigenvalue weighted by atomic mass is 10.3. The van der Waals surface area contributed by atoms with Crippen LogP contribution in [-0.4, -0.2) is 16.6 Å². The normalized spacial score (nSPS) is 14.2. The molecule has 5 heteroatoms. The Morgan fingerprint density at radius 2 is 2.29 bits per heavy atom. The number of nitrogens with zero attached hydrogens (tertiary/aromatic N) is 2. The fraction of sp³-hybridized carbons (Fsp3) is 0.500. The van der Waals surface area contributed by atoms with Gasteiger partial charge in [0.15, 0.2) is 0 Å². The van der Waals surface area contributed by atoms with E-state index in [1.54, 1.807) is 0 Å². The number of nitrogens with two attached hydrogens (primary N) is 1. The molecule has 3 N–H and O–H groups in total. The first-order chi connectivity index (χ1) is 8.26. The number of rotatable bonds is 5. The second-order valence-electron chi connectivity index (χ2n) is 4.08. The van der Waals surface area contributed by atoms with Crippen molar-refractivity contribution in [1.82, 2.24) is 9.97 Å². The number of hydrogen-bond acceptors (Lipinski definition) is 5. The number of hydrazine groups is 1. The molecule has 0 bridgehead atoms. The Balaban J connectivity index is 2.22. The third-order valence-corrected chi connectivity index (χ3v) is 2.68. The van der Waals surface area contributed by atoms with Crippen LogP contribution in [0.25, 0.3) is 0 Å². The van der Waals surface area contributed by atoms with E-state index >= 15 is 0 Å². The van der Waals surface area contributed by atoms with E-state index in [4.69, 9.17) is 17.0 Å². The number of anilines is 1. The van der Waals surface area contributed by atoms with Crippen LogP contribution in [0.3, 0.4) is 0 Å². The number of ether oxygens (including phenoxy) is 1. The monoisotopic (exact) mass is 232 g/mol. The molecule has 0 radical (unpaired) electrons. The van der Waals surface area contributed by atoms with E-state index in [0.717, 1.165) is 24.2 Å². The lowest BCUT2D eigenvalue weighted by molar-refractivity contribution is 0.310. The molecule has 1 aromatic rings. The Labute approximate surface area is 101 Å². The molecule has 1 fully saturated rings. The third kappa shape index (κ3) is 2.66. The van der Waals surface area contributed by atoms with Gasteiger partial charge < -0.3 is 10.2 Å². The van der Waals surface area contributed by atoms with Gasteiger partial charge in [0.2, 0.25) is 5.88 Å². The minimum absolute atomic E-state index is 0.456. The van der Waals surface area contributed by atoms with Crippen LogP contribution in [0.1, 0.15) is 36.6 Å². The van der Waals surface area contributed by atoms with Gasteiger partial charge in [0.05, 0.1) is 5.56 Å². The Kier molecular flexibility index (Phi) is 3.45.